The minimum Gasteiger partial charge on any atom is -0.445 e. The summed E-state index contributed by atoms with van der Waals surface area (Å²) in [7, 11) is 0. The van der Waals surface area contributed by atoms with Gasteiger partial charge >= 0.3 is 6.09 Å². The minimum atomic E-state index is -0.364. The zero-order chi connectivity index (χ0) is 15.1. The average Bonchev–Trinajstić information content (AvgIpc) is 2.48. The molecule has 1 aliphatic carbocycles. The van der Waals surface area contributed by atoms with Crippen molar-refractivity contribution >= 4 is 6.09 Å². The second-order valence-corrected chi connectivity index (χ2v) is 5.53. The van der Waals surface area contributed by atoms with Crippen LogP contribution in [0.3, 0.4) is 0 Å². The van der Waals surface area contributed by atoms with Crippen LogP contribution in [0, 0.1) is 0 Å². The molecule has 1 aromatic carbocycles. The van der Waals surface area contributed by atoms with Crippen LogP contribution in [0.15, 0.2) is 30.3 Å². The molecule has 0 heterocycles. The largest absolute Gasteiger partial charge is 0.445 e. The summed E-state index contributed by atoms with van der Waals surface area (Å²) in [6.07, 6.45) is 2.31. The predicted octanol–water partition coefficient (Wildman–Crippen LogP) is 1.80. The number of hydrogen-bond donors (Lipinski definition) is 3. The fraction of sp³-hybridized carbons (Fsp3) is 0.562. The van der Waals surface area contributed by atoms with E-state index in [1.165, 1.54) is 0 Å². The molecule has 21 heavy (non-hydrogen) atoms. The van der Waals surface area contributed by atoms with Crippen LogP contribution < -0.4 is 10.6 Å². The average molecular weight is 292 g/mol. The van der Waals surface area contributed by atoms with Gasteiger partial charge < -0.3 is 20.5 Å². The molecule has 1 saturated carbocycles. The highest BCUT2D eigenvalue weighted by atomic mass is 16.5. The summed E-state index contributed by atoms with van der Waals surface area (Å²) in [5.41, 5.74) is 0.981. The topological polar surface area (TPSA) is 70.6 Å². The fourth-order valence-electron chi connectivity index (χ4n) is 2.44. The smallest absolute Gasteiger partial charge is 0.407 e. The SMILES string of the molecule is CC[C@H](CO)NC1CC(NC(=O)OCc2ccccc2)C1. The number of hydrogen-bond acceptors (Lipinski definition) is 4. The molecule has 2 rings (SSSR count). The molecule has 0 saturated heterocycles. The van der Waals surface area contributed by atoms with Gasteiger partial charge in [0.15, 0.2) is 0 Å². The molecular weight excluding hydrogens is 268 g/mol. The van der Waals surface area contributed by atoms with Gasteiger partial charge in [-0.3, -0.25) is 0 Å². The van der Waals surface area contributed by atoms with Crippen LogP contribution in [0.2, 0.25) is 0 Å². The minimum absolute atomic E-state index is 0.154. The molecule has 0 unspecified atom stereocenters. The van der Waals surface area contributed by atoms with E-state index in [-0.39, 0.29) is 24.8 Å². The number of benzene rings is 1. The van der Waals surface area contributed by atoms with Crippen LogP contribution in [0.1, 0.15) is 31.7 Å². The summed E-state index contributed by atoms with van der Waals surface area (Å²) in [4.78, 5) is 11.7. The van der Waals surface area contributed by atoms with Gasteiger partial charge in [-0.25, -0.2) is 4.79 Å². The molecular formula is C16H24N2O3. The van der Waals surface area contributed by atoms with Crippen molar-refractivity contribution in [1.82, 2.24) is 10.6 Å². The molecule has 1 fully saturated rings. The molecule has 116 valence electrons. The third-order valence-electron chi connectivity index (χ3n) is 3.86. The van der Waals surface area contributed by atoms with Crippen molar-refractivity contribution in [3.05, 3.63) is 35.9 Å². The molecule has 5 heteroatoms. The molecule has 0 aromatic heterocycles. The van der Waals surface area contributed by atoms with Gasteiger partial charge in [0.25, 0.3) is 0 Å². The van der Waals surface area contributed by atoms with Crippen molar-refractivity contribution in [2.75, 3.05) is 6.61 Å². The lowest BCUT2D eigenvalue weighted by Gasteiger charge is -2.38. The van der Waals surface area contributed by atoms with Gasteiger partial charge in [0, 0.05) is 18.1 Å². The van der Waals surface area contributed by atoms with Gasteiger partial charge in [0.1, 0.15) is 6.61 Å². The van der Waals surface area contributed by atoms with E-state index in [0.29, 0.717) is 12.6 Å². The first-order valence-corrected chi connectivity index (χ1v) is 7.55. The third kappa shape index (κ3) is 5.02. The Balaban J connectivity index is 1.60. The first-order chi connectivity index (χ1) is 10.2. The lowest BCUT2D eigenvalue weighted by molar-refractivity contribution is 0.121. The Kier molecular flexibility index (Phi) is 6.02. The second-order valence-electron chi connectivity index (χ2n) is 5.53. The molecule has 1 aromatic rings. The number of carbonyl (C=O) groups is 1. The van der Waals surface area contributed by atoms with E-state index in [1.807, 2.05) is 37.3 Å². The van der Waals surface area contributed by atoms with Crippen LogP contribution in [-0.2, 0) is 11.3 Å². The Labute approximate surface area is 125 Å². The van der Waals surface area contributed by atoms with E-state index in [0.717, 1.165) is 24.8 Å². The van der Waals surface area contributed by atoms with E-state index in [2.05, 4.69) is 10.6 Å². The monoisotopic (exact) mass is 292 g/mol. The molecule has 0 radical (unpaired) electrons. The number of aliphatic hydroxyl groups excluding tert-OH is 1. The Bertz CT molecular complexity index is 428. The second kappa shape index (κ2) is 8.00. The highest BCUT2D eigenvalue weighted by molar-refractivity contribution is 5.67. The summed E-state index contributed by atoms with van der Waals surface area (Å²) in [5, 5.41) is 15.4. The van der Waals surface area contributed by atoms with Gasteiger partial charge in [-0.05, 0) is 24.8 Å². The number of aliphatic hydroxyl groups is 1. The number of carbonyl (C=O) groups excluding carboxylic acids is 1. The first kappa shape index (κ1) is 15.8. The maximum absolute atomic E-state index is 11.7. The van der Waals surface area contributed by atoms with E-state index in [4.69, 9.17) is 9.84 Å². The van der Waals surface area contributed by atoms with Crippen LogP contribution in [-0.4, -0.2) is 35.9 Å². The van der Waals surface area contributed by atoms with E-state index in [1.54, 1.807) is 0 Å². The van der Waals surface area contributed by atoms with Crippen molar-refractivity contribution < 1.29 is 14.6 Å². The molecule has 0 bridgehead atoms. The molecule has 0 spiro atoms. The lowest BCUT2D eigenvalue weighted by Crippen LogP contribution is -2.55. The number of amides is 1. The molecule has 1 aliphatic rings. The molecule has 1 amide bonds. The first-order valence-electron chi connectivity index (χ1n) is 7.55. The highest BCUT2D eigenvalue weighted by Crippen LogP contribution is 2.21. The van der Waals surface area contributed by atoms with E-state index >= 15 is 0 Å². The third-order valence-corrected chi connectivity index (χ3v) is 3.86. The number of rotatable bonds is 7. The van der Waals surface area contributed by atoms with Gasteiger partial charge in [0.05, 0.1) is 6.61 Å². The summed E-state index contributed by atoms with van der Waals surface area (Å²) >= 11 is 0. The molecule has 0 aliphatic heterocycles. The van der Waals surface area contributed by atoms with Crippen LogP contribution >= 0.6 is 0 Å². The normalized spacial score (nSPS) is 22.2. The Morgan fingerprint density at radius 3 is 2.67 bits per heavy atom. The molecule has 1 atom stereocenters. The number of ether oxygens (including phenoxy) is 1. The van der Waals surface area contributed by atoms with Gasteiger partial charge in [0.2, 0.25) is 0 Å². The van der Waals surface area contributed by atoms with Crippen molar-refractivity contribution in [2.45, 2.75) is 50.9 Å². The van der Waals surface area contributed by atoms with E-state index in [9.17, 15) is 4.79 Å². The standard InChI is InChI=1S/C16H24N2O3/c1-2-13(10-19)17-14-8-15(9-14)18-16(20)21-11-12-6-4-3-5-7-12/h3-7,13-15,17,19H,2,8-11H2,1H3,(H,18,20)/t13-,14?,15?/m1/s1. The highest BCUT2D eigenvalue weighted by Gasteiger charge is 2.31. The molecule has 5 nitrogen and oxygen atoms in total. The summed E-state index contributed by atoms with van der Waals surface area (Å²) in [5.74, 6) is 0. The summed E-state index contributed by atoms with van der Waals surface area (Å²) in [6, 6.07) is 10.3. The van der Waals surface area contributed by atoms with E-state index < -0.39 is 0 Å². The van der Waals surface area contributed by atoms with Crippen LogP contribution in [0.4, 0.5) is 4.79 Å². The Morgan fingerprint density at radius 2 is 2.05 bits per heavy atom. The van der Waals surface area contributed by atoms with Gasteiger partial charge in [-0.15, -0.1) is 0 Å². The van der Waals surface area contributed by atoms with Gasteiger partial charge in [-0.1, -0.05) is 37.3 Å². The molecule has 3 N–H and O–H groups in total. The van der Waals surface area contributed by atoms with Crippen molar-refractivity contribution in [2.24, 2.45) is 0 Å². The zero-order valence-electron chi connectivity index (χ0n) is 12.4. The van der Waals surface area contributed by atoms with Crippen LogP contribution in [0.25, 0.3) is 0 Å². The quantitative estimate of drug-likeness (QED) is 0.717. The number of nitrogens with one attached hydrogen (secondary N) is 2. The lowest BCUT2D eigenvalue weighted by atomic mass is 9.86. The zero-order valence-corrected chi connectivity index (χ0v) is 12.4. The van der Waals surface area contributed by atoms with Crippen molar-refractivity contribution in [3.8, 4) is 0 Å². The van der Waals surface area contributed by atoms with Gasteiger partial charge in [-0.2, -0.15) is 0 Å². The predicted molar refractivity (Wildman–Crippen MR) is 80.9 cm³/mol. The Hall–Kier alpha value is -1.59. The fourth-order valence-corrected chi connectivity index (χ4v) is 2.44. The maximum atomic E-state index is 11.7. The maximum Gasteiger partial charge on any atom is 0.407 e. The van der Waals surface area contributed by atoms with Crippen LogP contribution in [0.5, 0.6) is 0 Å². The number of alkyl carbamates (subject to hydrolysis) is 1. The van der Waals surface area contributed by atoms with Crippen molar-refractivity contribution in [1.29, 1.82) is 0 Å². The summed E-state index contributed by atoms with van der Waals surface area (Å²) in [6.45, 7) is 2.50. The van der Waals surface area contributed by atoms with Crippen molar-refractivity contribution in [3.63, 3.8) is 0 Å². The summed E-state index contributed by atoms with van der Waals surface area (Å²) < 4.78 is 5.18. The Morgan fingerprint density at radius 1 is 1.33 bits per heavy atom.